The first kappa shape index (κ1) is 16.9. The van der Waals surface area contributed by atoms with Crippen LogP contribution in [0.2, 0.25) is 0 Å². The number of hydrazone groups is 1. The van der Waals surface area contributed by atoms with Crippen molar-refractivity contribution < 1.29 is 23.0 Å². The van der Waals surface area contributed by atoms with Gasteiger partial charge in [0.2, 0.25) is 0 Å². The number of hydrogen-bond acceptors (Lipinski definition) is 6. The van der Waals surface area contributed by atoms with E-state index in [-0.39, 0.29) is 11.5 Å². The van der Waals surface area contributed by atoms with E-state index in [4.69, 9.17) is 9.47 Å². The van der Waals surface area contributed by atoms with Gasteiger partial charge >= 0.3 is 0 Å². The third-order valence-corrected chi connectivity index (χ3v) is 4.37. The highest BCUT2D eigenvalue weighted by Crippen LogP contribution is 2.26. The lowest BCUT2D eigenvalue weighted by Gasteiger charge is -2.15. The second kappa shape index (κ2) is 6.33. The highest BCUT2D eigenvalue weighted by atomic mass is 32.2. The van der Waals surface area contributed by atoms with Crippen LogP contribution in [0.15, 0.2) is 34.3 Å². The maximum Gasteiger partial charge on any atom is 0.276 e. The number of aryl methyl sites for hydroxylation is 1. The zero-order chi connectivity index (χ0) is 16.4. The van der Waals surface area contributed by atoms with E-state index in [1.165, 1.54) is 18.3 Å². The van der Waals surface area contributed by atoms with E-state index in [0.29, 0.717) is 0 Å². The Kier molecular flexibility index (Phi) is 4.86. The van der Waals surface area contributed by atoms with Gasteiger partial charge < -0.3 is 14.6 Å². The molecule has 1 fully saturated rings. The van der Waals surface area contributed by atoms with Crippen LogP contribution in [-0.4, -0.2) is 44.3 Å². The Labute approximate surface area is 130 Å². The molecule has 22 heavy (non-hydrogen) atoms. The van der Waals surface area contributed by atoms with Crippen molar-refractivity contribution in [3.05, 3.63) is 29.8 Å². The van der Waals surface area contributed by atoms with E-state index in [1.807, 2.05) is 6.92 Å². The monoisotopic (exact) mass is 328 g/mol. The number of ether oxygens (including phenoxy) is 2. The van der Waals surface area contributed by atoms with Gasteiger partial charge in [0.1, 0.15) is 12.2 Å². The number of aliphatic hydroxyl groups excluding tert-OH is 1. The lowest BCUT2D eigenvalue weighted by Crippen LogP contribution is -2.29. The van der Waals surface area contributed by atoms with Gasteiger partial charge in [-0.25, -0.2) is 4.83 Å². The number of aliphatic hydroxyl groups is 1. The first-order valence-electron chi connectivity index (χ1n) is 6.82. The van der Waals surface area contributed by atoms with Gasteiger partial charge in [-0.3, -0.25) is 0 Å². The van der Waals surface area contributed by atoms with Crippen LogP contribution in [0, 0.1) is 6.92 Å². The van der Waals surface area contributed by atoms with Gasteiger partial charge in [0.05, 0.1) is 17.7 Å². The summed E-state index contributed by atoms with van der Waals surface area (Å²) in [4.78, 5) is 2.24. The molecule has 122 valence electrons. The second-order valence-electron chi connectivity index (χ2n) is 5.51. The number of sulfonamides is 1. The van der Waals surface area contributed by atoms with Crippen LogP contribution in [0.1, 0.15) is 19.4 Å². The second-order valence-corrected chi connectivity index (χ2v) is 7.17. The predicted molar refractivity (Wildman–Crippen MR) is 80.9 cm³/mol. The lowest BCUT2D eigenvalue weighted by molar-refractivity contribution is -0.145. The molecule has 0 aromatic heterocycles. The van der Waals surface area contributed by atoms with E-state index in [0.717, 1.165) is 5.56 Å². The summed E-state index contributed by atoms with van der Waals surface area (Å²) in [6.07, 6.45) is 0.0739. The quantitative estimate of drug-likeness (QED) is 0.615. The fourth-order valence-electron chi connectivity index (χ4n) is 2.07. The summed E-state index contributed by atoms with van der Waals surface area (Å²) in [7, 11) is -3.73. The Morgan fingerprint density at radius 2 is 1.95 bits per heavy atom. The van der Waals surface area contributed by atoms with Crippen LogP contribution in [0.5, 0.6) is 0 Å². The summed E-state index contributed by atoms with van der Waals surface area (Å²) in [5, 5.41) is 12.9. The Balaban J connectivity index is 2.04. The number of rotatable bonds is 5. The minimum atomic E-state index is -3.73. The van der Waals surface area contributed by atoms with Gasteiger partial charge in [0.15, 0.2) is 5.79 Å². The average molecular weight is 328 g/mol. The molecule has 0 spiro atoms. The lowest BCUT2D eigenvalue weighted by atomic mass is 10.2. The molecule has 1 aliphatic heterocycles. The molecule has 1 heterocycles. The van der Waals surface area contributed by atoms with Crippen molar-refractivity contribution in [2.45, 2.75) is 43.7 Å². The molecule has 0 amide bonds. The largest absolute Gasteiger partial charge is 0.394 e. The Morgan fingerprint density at radius 1 is 1.32 bits per heavy atom. The summed E-state index contributed by atoms with van der Waals surface area (Å²) in [6.45, 7) is 5.04. The zero-order valence-corrected chi connectivity index (χ0v) is 13.5. The molecule has 1 aromatic rings. The van der Waals surface area contributed by atoms with E-state index in [2.05, 4.69) is 9.93 Å². The third-order valence-electron chi connectivity index (χ3n) is 3.13. The molecule has 0 bridgehead atoms. The number of nitrogens with one attached hydrogen (secondary N) is 1. The normalized spacial score (nSPS) is 24.7. The van der Waals surface area contributed by atoms with Gasteiger partial charge in [0, 0.05) is 0 Å². The van der Waals surface area contributed by atoms with E-state index >= 15 is 0 Å². The molecule has 1 aliphatic rings. The van der Waals surface area contributed by atoms with Gasteiger partial charge in [-0.15, -0.1) is 0 Å². The summed E-state index contributed by atoms with van der Waals surface area (Å²) in [5.74, 6) is -0.847. The van der Waals surface area contributed by atoms with E-state index < -0.39 is 28.0 Å². The van der Waals surface area contributed by atoms with Crippen LogP contribution in [0.25, 0.3) is 0 Å². The molecule has 1 aromatic carbocycles. The molecule has 0 radical (unpaired) electrons. The summed E-state index contributed by atoms with van der Waals surface area (Å²) in [5.41, 5.74) is 0.965. The van der Waals surface area contributed by atoms with Crippen molar-refractivity contribution in [2.24, 2.45) is 5.10 Å². The van der Waals surface area contributed by atoms with Crippen LogP contribution < -0.4 is 4.83 Å². The maximum atomic E-state index is 12.0. The molecular weight excluding hydrogens is 308 g/mol. The molecule has 7 nitrogen and oxygen atoms in total. The molecule has 0 unspecified atom stereocenters. The van der Waals surface area contributed by atoms with Gasteiger partial charge in [0.25, 0.3) is 10.0 Å². The summed E-state index contributed by atoms with van der Waals surface area (Å²) in [6, 6.07) is 6.41. The van der Waals surface area contributed by atoms with Crippen LogP contribution >= 0.6 is 0 Å². The predicted octanol–water partition coefficient (Wildman–Crippen LogP) is 0.772. The standard InChI is InChI=1S/C14H20N2O5S/c1-10-4-6-11(7-5-10)22(18,19)16-15-8-12-13(9-17)21-14(2,3)20-12/h4-8,12-13,16-17H,9H2,1-3H3/b15-8+/t12-,13-/m0/s1. The van der Waals surface area contributed by atoms with Crippen molar-refractivity contribution in [3.63, 3.8) is 0 Å². The number of hydrogen-bond donors (Lipinski definition) is 2. The first-order chi connectivity index (χ1) is 10.2. The minimum Gasteiger partial charge on any atom is -0.394 e. The SMILES string of the molecule is Cc1ccc(S(=O)(=O)N/N=C/[C@@H]2OC(C)(C)O[C@H]2CO)cc1. The number of benzene rings is 1. The maximum absolute atomic E-state index is 12.0. The zero-order valence-electron chi connectivity index (χ0n) is 12.7. The summed E-state index contributed by atoms with van der Waals surface area (Å²) < 4.78 is 35.1. The average Bonchev–Trinajstić information content (AvgIpc) is 2.73. The third kappa shape index (κ3) is 4.04. The first-order valence-corrected chi connectivity index (χ1v) is 8.30. The minimum absolute atomic E-state index is 0.123. The molecule has 2 rings (SSSR count). The van der Waals surface area contributed by atoms with Crippen LogP contribution in [0.4, 0.5) is 0 Å². The van der Waals surface area contributed by atoms with Gasteiger partial charge in [-0.1, -0.05) is 17.7 Å². The van der Waals surface area contributed by atoms with Crippen molar-refractivity contribution in [1.29, 1.82) is 0 Å². The molecule has 2 N–H and O–H groups in total. The Hall–Kier alpha value is -1.48. The molecule has 0 saturated carbocycles. The van der Waals surface area contributed by atoms with Crippen molar-refractivity contribution >= 4 is 16.2 Å². The van der Waals surface area contributed by atoms with Crippen LogP contribution in [-0.2, 0) is 19.5 Å². The molecule has 1 saturated heterocycles. The highest BCUT2D eigenvalue weighted by Gasteiger charge is 2.40. The fraction of sp³-hybridized carbons (Fsp3) is 0.500. The van der Waals surface area contributed by atoms with Gasteiger partial charge in [-0.05, 0) is 32.9 Å². The number of nitrogens with zero attached hydrogens (tertiary/aromatic N) is 1. The van der Waals surface area contributed by atoms with E-state index in [9.17, 15) is 13.5 Å². The van der Waals surface area contributed by atoms with E-state index in [1.54, 1.807) is 26.0 Å². The highest BCUT2D eigenvalue weighted by molar-refractivity contribution is 7.89. The topological polar surface area (TPSA) is 97.2 Å². The Morgan fingerprint density at radius 3 is 2.55 bits per heavy atom. The smallest absolute Gasteiger partial charge is 0.276 e. The fourth-order valence-corrected chi connectivity index (χ4v) is 2.87. The van der Waals surface area contributed by atoms with Gasteiger partial charge in [-0.2, -0.15) is 13.5 Å². The summed E-state index contributed by atoms with van der Waals surface area (Å²) >= 11 is 0. The molecule has 2 atom stereocenters. The Bertz CT molecular complexity index is 640. The molecule has 8 heteroatoms. The van der Waals surface area contributed by atoms with Crippen LogP contribution in [0.3, 0.4) is 0 Å². The molecular formula is C14H20N2O5S. The van der Waals surface area contributed by atoms with Crippen molar-refractivity contribution in [2.75, 3.05) is 6.61 Å². The van der Waals surface area contributed by atoms with Crippen molar-refractivity contribution in [1.82, 2.24) is 4.83 Å². The van der Waals surface area contributed by atoms with Crippen molar-refractivity contribution in [3.8, 4) is 0 Å². The molecule has 0 aliphatic carbocycles.